The van der Waals surface area contributed by atoms with Crippen LogP contribution in [0.2, 0.25) is 0 Å². The van der Waals surface area contributed by atoms with Crippen LogP contribution in [0.4, 0.5) is 0 Å². The Kier molecular flexibility index (Phi) is 2.71. The van der Waals surface area contributed by atoms with Crippen LogP contribution in [0.25, 0.3) is 5.57 Å². The zero-order valence-electron chi connectivity index (χ0n) is 8.73. The van der Waals surface area contributed by atoms with Gasteiger partial charge in [0.15, 0.2) is 0 Å². The zero-order valence-corrected chi connectivity index (χ0v) is 8.73. The molecule has 0 heterocycles. The predicted octanol–water partition coefficient (Wildman–Crippen LogP) is 2.32. The molecule has 1 aromatic rings. The van der Waals surface area contributed by atoms with Gasteiger partial charge in [-0.15, -0.1) is 0 Å². The first kappa shape index (κ1) is 10.1. The van der Waals surface area contributed by atoms with Gasteiger partial charge < -0.3 is 9.84 Å². The summed E-state index contributed by atoms with van der Waals surface area (Å²) in [6.45, 7) is 4.39. The molecule has 0 radical (unpaired) electrons. The van der Waals surface area contributed by atoms with Gasteiger partial charge in [0.2, 0.25) is 0 Å². The molecule has 0 bridgehead atoms. The molecular formula is C13H14O2. The molecule has 15 heavy (non-hydrogen) atoms. The Balaban J connectivity index is 2.51. The van der Waals surface area contributed by atoms with Gasteiger partial charge in [-0.1, -0.05) is 36.9 Å². The summed E-state index contributed by atoms with van der Waals surface area (Å²) >= 11 is 0. The Hall–Kier alpha value is -1.38. The fourth-order valence-electron chi connectivity index (χ4n) is 1.88. The fraction of sp³-hybridized carbons (Fsp3) is 0.231. The molecule has 2 heteroatoms. The number of hydrogen-bond acceptors (Lipinski definition) is 2. The summed E-state index contributed by atoms with van der Waals surface area (Å²) in [4.78, 5) is 0. The molecule has 1 aromatic carbocycles. The number of rotatable bonds is 2. The Bertz CT molecular complexity index is 418. The van der Waals surface area contributed by atoms with Crippen molar-refractivity contribution in [1.29, 1.82) is 0 Å². The van der Waals surface area contributed by atoms with Gasteiger partial charge >= 0.3 is 0 Å². The monoisotopic (exact) mass is 202 g/mol. The number of fused-ring (bicyclic) bond motifs is 1. The van der Waals surface area contributed by atoms with Crippen LogP contribution < -0.4 is 0 Å². The Labute approximate surface area is 89.5 Å². The maximum absolute atomic E-state index is 9.93. The Morgan fingerprint density at radius 1 is 1.40 bits per heavy atom. The normalized spacial score (nSPS) is 19.7. The summed E-state index contributed by atoms with van der Waals surface area (Å²) in [7, 11) is 1.66. The van der Waals surface area contributed by atoms with E-state index in [4.69, 9.17) is 4.74 Å². The zero-order chi connectivity index (χ0) is 10.8. The van der Waals surface area contributed by atoms with Crippen LogP contribution in [0.15, 0.2) is 42.5 Å². The number of ether oxygens (including phenoxy) is 1. The van der Waals surface area contributed by atoms with Crippen molar-refractivity contribution in [1.82, 2.24) is 0 Å². The second-order valence-electron chi connectivity index (χ2n) is 3.67. The minimum absolute atomic E-state index is 0.544. The first-order chi connectivity index (χ1) is 7.24. The van der Waals surface area contributed by atoms with Gasteiger partial charge in [0.05, 0.1) is 6.61 Å². The molecule has 2 rings (SSSR count). The van der Waals surface area contributed by atoms with Crippen molar-refractivity contribution >= 4 is 5.57 Å². The summed E-state index contributed by atoms with van der Waals surface area (Å²) in [5, 5.41) is 9.93. The van der Waals surface area contributed by atoms with Gasteiger partial charge in [0.1, 0.15) is 6.10 Å². The number of aliphatic hydroxyl groups is 1. The number of aliphatic hydroxyl groups excluding tert-OH is 1. The van der Waals surface area contributed by atoms with Crippen molar-refractivity contribution in [3.8, 4) is 0 Å². The standard InChI is InChI=1S/C13H14O2/c1-9-7-10(8-15-2)11-5-3-4-6-12(11)13(9)14/h3-7,13-14H,1,8H2,2H3. The third-order valence-corrected chi connectivity index (χ3v) is 2.61. The molecule has 0 amide bonds. The van der Waals surface area contributed by atoms with E-state index in [0.717, 1.165) is 22.3 Å². The lowest BCUT2D eigenvalue weighted by molar-refractivity contribution is 0.215. The molecule has 1 aliphatic rings. The van der Waals surface area contributed by atoms with Gasteiger partial charge in [-0.05, 0) is 22.3 Å². The second-order valence-corrected chi connectivity index (χ2v) is 3.67. The van der Waals surface area contributed by atoms with Crippen molar-refractivity contribution in [2.24, 2.45) is 0 Å². The summed E-state index contributed by atoms with van der Waals surface area (Å²) in [5.74, 6) is 0. The molecule has 0 saturated carbocycles. The van der Waals surface area contributed by atoms with Gasteiger partial charge in [-0.3, -0.25) is 0 Å². The van der Waals surface area contributed by atoms with E-state index >= 15 is 0 Å². The Morgan fingerprint density at radius 2 is 2.13 bits per heavy atom. The third kappa shape index (κ3) is 1.74. The van der Waals surface area contributed by atoms with Gasteiger partial charge in [-0.2, -0.15) is 0 Å². The van der Waals surface area contributed by atoms with Crippen LogP contribution in [0.3, 0.4) is 0 Å². The molecule has 1 atom stereocenters. The highest BCUT2D eigenvalue weighted by Gasteiger charge is 2.21. The predicted molar refractivity (Wildman–Crippen MR) is 60.4 cm³/mol. The van der Waals surface area contributed by atoms with Crippen molar-refractivity contribution in [2.45, 2.75) is 6.10 Å². The molecular weight excluding hydrogens is 188 g/mol. The van der Waals surface area contributed by atoms with E-state index in [1.165, 1.54) is 0 Å². The van der Waals surface area contributed by atoms with E-state index < -0.39 is 6.10 Å². The van der Waals surface area contributed by atoms with Crippen molar-refractivity contribution in [3.05, 3.63) is 53.6 Å². The van der Waals surface area contributed by atoms with Gasteiger partial charge in [-0.25, -0.2) is 0 Å². The molecule has 1 unspecified atom stereocenters. The van der Waals surface area contributed by atoms with Gasteiger partial charge in [0.25, 0.3) is 0 Å². The molecule has 1 N–H and O–H groups in total. The maximum atomic E-state index is 9.93. The van der Waals surface area contributed by atoms with E-state index in [0.29, 0.717) is 6.61 Å². The SMILES string of the molecule is C=C1C=C(COC)c2ccccc2C1O. The van der Waals surface area contributed by atoms with Crippen molar-refractivity contribution < 1.29 is 9.84 Å². The average molecular weight is 202 g/mol. The first-order valence-corrected chi connectivity index (χ1v) is 4.89. The Morgan fingerprint density at radius 3 is 2.87 bits per heavy atom. The average Bonchev–Trinajstić information content (AvgIpc) is 2.26. The highest BCUT2D eigenvalue weighted by Crippen LogP contribution is 2.35. The quantitative estimate of drug-likeness (QED) is 0.797. The van der Waals surface area contributed by atoms with E-state index in [1.807, 2.05) is 30.3 Å². The molecule has 0 aliphatic heterocycles. The van der Waals surface area contributed by atoms with Crippen LogP contribution in [0.5, 0.6) is 0 Å². The van der Waals surface area contributed by atoms with Crippen molar-refractivity contribution in [3.63, 3.8) is 0 Å². The highest BCUT2D eigenvalue weighted by atomic mass is 16.5. The van der Waals surface area contributed by atoms with E-state index in [-0.39, 0.29) is 0 Å². The minimum Gasteiger partial charge on any atom is -0.384 e. The second kappa shape index (κ2) is 4.01. The summed E-state index contributed by atoms with van der Waals surface area (Å²) in [6.07, 6.45) is 1.32. The molecule has 0 aromatic heterocycles. The van der Waals surface area contributed by atoms with Crippen LogP contribution >= 0.6 is 0 Å². The lowest BCUT2D eigenvalue weighted by Crippen LogP contribution is -2.10. The molecule has 78 valence electrons. The van der Waals surface area contributed by atoms with Crippen LogP contribution in [-0.4, -0.2) is 18.8 Å². The summed E-state index contributed by atoms with van der Waals surface area (Å²) < 4.78 is 5.13. The smallest absolute Gasteiger partial charge is 0.104 e. The number of benzene rings is 1. The van der Waals surface area contributed by atoms with Crippen LogP contribution in [0, 0.1) is 0 Å². The number of methoxy groups -OCH3 is 1. The largest absolute Gasteiger partial charge is 0.384 e. The molecule has 0 saturated heterocycles. The van der Waals surface area contributed by atoms with Crippen molar-refractivity contribution in [2.75, 3.05) is 13.7 Å². The minimum atomic E-state index is -0.582. The third-order valence-electron chi connectivity index (χ3n) is 2.61. The van der Waals surface area contributed by atoms with Crippen LogP contribution in [0.1, 0.15) is 17.2 Å². The summed E-state index contributed by atoms with van der Waals surface area (Å²) in [5.41, 5.74) is 3.76. The highest BCUT2D eigenvalue weighted by molar-refractivity contribution is 5.75. The van der Waals surface area contributed by atoms with E-state index in [9.17, 15) is 5.11 Å². The topological polar surface area (TPSA) is 29.5 Å². The molecule has 0 spiro atoms. The maximum Gasteiger partial charge on any atom is 0.104 e. The van der Waals surface area contributed by atoms with E-state index in [1.54, 1.807) is 7.11 Å². The van der Waals surface area contributed by atoms with Crippen LogP contribution in [-0.2, 0) is 4.74 Å². The molecule has 1 aliphatic carbocycles. The lowest BCUT2D eigenvalue weighted by Gasteiger charge is -2.23. The van der Waals surface area contributed by atoms with Gasteiger partial charge in [0, 0.05) is 7.11 Å². The number of hydrogen-bond donors (Lipinski definition) is 1. The molecule has 0 fully saturated rings. The molecule has 2 nitrogen and oxygen atoms in total. The fourth-order valence-corrected chi connectivity index (χ4v) is 1.88. The van der Waals surface area contributed by atoms with E-state index in [2.05, 4.69) is 6.58 Å². The first-order valence-electron chi connectivity index (χ1n) is 4.89. The lowest BCUT2D eigenvalue weighted by atomic mass is 9.87. The summed E-state index contributed by atoms with van der Waals surface area (Å²) in [6, 6.07) is 7.80.